The topological polar surface area (TPSA) is 78.9 Å². The highest BCUT2D eigenvalue weighted by atomic mass is 16.5. The molecule has 1 unspecified atom stereocenters. The van der Waals surface area contributed by atoms with E-state index in [0.29, 0.717) is 44.3 Å². The van der Waals surface area contributed by atoms with Crippen LogP contribution in [0.1, 0.15) is 27.9 Å². The zero-order valence-corrected chi connectivity index (χ0v) is 15.6. The summed E-state index contributed by atoms with van der Waals surface area (Å²) in [7, 11) is 3.20. The summed E-state index contributed by atoms with van der Waals surface area (Å²) in [4.78, 5) is 16.4. The minimum Gasteiger partial charge on any atom is -0.497 e. The Morgan fingerprint density at radius 3 is 2.44 bits per heavy atom. The Hall–Kier alpha value is -2.82. The predicted octanol–water partition coefficient (Wildman–Crippen LogP) is 2.46. The van der Waals surface area contributed by atoms with Crippen molar-refractivity contribution in [3.8, 4) is 11.8 Å². The van der Waals surface area contributed by atoms with E-state index in [1.807, 2.05) is 24.3 Å². The lowest BCUT2D eigenvalue weighted by atomic mass is 10.1. The lowest BCUT2D eigenvalue weighted by Crippen LogP contribution is -2.49. The fourth-order valence-electron chi connectivity index (χ4n) is 3.20. The number of hydrogen-bond donors (Lipinski definition) is 0. The summed E-state index contributed by atoms with van der Waals surface area (Å²) < 4.78 is 15.7. The van der Waals surface area contributed by atoms with Crippen molar-refractivity contribution >= 4 is 5.91 Å². The van der Waals surface area contributed by atoms with Gasteiger partial charge in [-0.2, -0.15) is 5.26 Å². The molecule has 1 aromatic carbocycles. The first-order valence-electron chi connectivity index (χ1n) is 8.80. The Bertz CT molecular complexity index is 801. The summed E-state index contributed by atoms with van der Waals surface area (Å²) in [6, 6.07) is 13.0. The number of ether oxygens (including phenoxy) is 2. The number of rotatable bonds is 6. The second-order valence-corrected chi connectivity index (χ2v) is 6.33. The van der Waals surface area contributed by atoms with Crippen LogP contribution in [-0.2, 0) is 11.3 Å². The lowest BCUT2D eigenvalue weighted by molar-refractivity contribution is 0.0570. The van der Waals surface area contributed by atoms with Crippen LogP contribution >= 0.6 is 0 Å². The van der Waals surface area contributed by atoms with Crippen molar-refractivity contribution in [2.75, 3.05) is 40.4 Å². The number of piperazine rings is 1. The minimum absolute atomic E-state index is 0.130. The first-order chi connectivity index (χ1) is 13.2. The van der Waals surface area contributed by atoms with Crippen LogP contribution in [0.2, 0.25) is 0 Å². The number of carbonyl (C=O) groups excluding carboxylic acids is 1. The van der Waals surface area contributed by atoms with Crippen LogP contribution in [-0.4, -0.2) is 56.1 Å². The van der Waals surface area contributed by atoms with E-state index in [1.54, 1.807) is 31.3 Å². The van der Waals surface area contributed by atoms with Crippen molar-refractivity contribution in [2.45, 2.75) is 12.6 Å². The van der Waals surface area contributed by atoms with Gasteiger partial charge in [0.2, 0.25) is 0 Å². The van der Waals surface area contributed by atoms with Crippen LogP contribution in [0.3, 0.4) is 0 Å². The quantitative estimate of drug-likeness (QED) is 0.778. The Labute approximate surface area is 158 Å². The molecule has 1 saturated heterocycles. The van der Waals surface area contributed by atoms with Gasteiger partial charge in [0.25, 0.3) is 5.91 Å². The molecule has 1 atom stereocenters. The zero-order chi connectivity index (χ0) is 19.2. The molecular formula is C20H23N3O4. The van der Waals surface area contributed by atoms with E-state index in [0.717, 1.165) is 11.3 Å². The molecule has 1 aliphatic rings. The average molecular weight is 369 g/mol. The van der Waals surface area contributed by atoms with E-state index in [-0.39, 0.29) is 11.9 Å². The summed E-state index contributed by atoms with van der Waals surface area (Å²) >= 11 is 0. The Morgan fingerprint density at radius 1 is 1.15 bits per heavy atom. The SMILES string of the molecule is COCc1ccc(C(=O)N2CCN(C(C#N)c3ccc(OC)cc3)CC2)o1. The van der Waals surface area contributed by atoms with E-state index in [1.165, 1.54) is 0 Å². The molecule has 27 heavy (non-hydrogen) atoms. The molecule has 1 fully saturated rings. The van der Waals surface area contributed by atoms with Crippen LogP contribution < -0.4 is 4.74 Å². The number of amides is 1. The standard InChI is InChI=1S/C20H23N3O4/c1-25-14-17-7-8-19(27-17)20(24)23-11-9-22(10-12-23)18(13-21)15-3-5-16(26-2)6-4-15/h3-8,18H,9-12,14H2,1-2H3. The van der Waals surface area contributed by atoms with Gasteiger partial charge in [-0.3, -0.25) is 9.69 Å². The van der Waals surface area contributed by atoms with Crippen LogP contribution in [0.25, 0.3) is 0 Å². The van der Waals surface area contributed by atoms with E-state index in [9.17, 15) is 10.1 Å². The number of nitrogens with zero attached hydrogens (tertiary/aromatic N) is 3. The second-order valence-electron chi connectivity index (χ2n) is 6.33. The van der Waals surface area contributed by atoms with E-state index in [2.05, 4.69) is 11.0 Å². The second kappa shape index (κ2) is 8.71. The molecule has 1 aromatic heterocycles. The van der Waals surface area contributed by atoms with Crippen molar-refractivity contribution in [2.24, 2.45) is 0 Å². The largest absolute Gasteiger partial charge is 0.497 e. The Morgan fingerprint density at radius 2 is 1.85 bits per heavy atom. The molecule has 0 saturated carbocycles. The number of furan rings is 1. The molecule has 0 aliphatic carbocycles. The number of benzene rings is 1. The molecule has 7 heteroatoms. The molecule has 2 aromatic rings. The van der Waals surface area contributed by atoms with Crippen molar-refractivity contribution in [3.05, 3.63) is 53.5 Å². The lowest BCUT2D eigenvalue weighted by Gasteiger charge is -2.36. The third-order valence-corrected chi connectivity index (χ3v) is 4.68. The van der Waals surface area contributed by atoms with Crippen molar-refractivity contribution in [1.82, 2.24) is 9.80 Å². The van der Waals surface area contributed by atoms with Gasteiger partial charge in [-0.05, 0) is 29.8 Å². The average Bonchev–Trinajstić information content (AvgIpc) is 3.18. The van der Waals surface area contributed by atoms with E-state index in [4.69, 9.17) is 13.9 Å². The molecule has 1 aliphatic heterocycles. The molecule has 2 heterocycles. The van der Waals surface area contributed by atoms with E-state index < -0.39 is 0 Å². The predicted molar refractivity (Wildman–Crippen MR) is 98.2 cm³/mol. The smallest absolute Gasteiger partial charge is 0.289 e. The Kier molecular flexibility index (Phi) is 6.12. The molecule has 0 N–H and O–H groups in total. The maximum absolute atomic E-state index is 12.6. The highest BCUT2D eigenvalue weighted by Crippen LogP contribution is 2.24. The van der Waals surface area contributed by atoms with E-state index >= 15 is 0 Å². The monoisotopic (exact) mass is 369 g/mol. The summed E-state index contributed by atoms with van der Waals surface area (Å²) in [5.74, 6) is 1.58. The first-order valence-corrected chi connectivity index (χ1v) is 8.80. The van der Waals surface area contributed by atoms with Crippen molar-refractivity contribution < 1.29 is 18.7 Å². The van der Waals surface area contributed by atoms with Crippen LogP contribution in [0.4, 0.5) is 0 Å². The molecule has 3 rings (SSSR count). The number of carbonyl (C=O) groups is 1. The summed E-state index contributed by atoms with van der Waals surface area (Å²) in [5.41, 5.74) is 0.924. The molecule has 7 nitrogen and oxygen atoms in total. The normalized spacial score (nSPS) is 16.0. The van der Waals surface area contributed by atoms with Gasteiger partial charge in [-0.1, -0.05) is 12.1 Å². The number of nitriles is 1. The maximum atomic E-state index is 12.6. The molecule has 1 amide bonds. The van der Waals surface area contributed by atoms with Gasteiger partial charge in [0.1, 0.15) is 24.2 Å². The molecule has 0 bridgehead atoms. The van der Waals surface area contributed by atoms with Crippen LogP contribution in [0, 0.1) is 11.3 Å². The molecule has 0 spiro atoms. The van der Waals surface area contributed by atoms with Crippen molar-refractivity contribution in [3.63, 3.8) is 0 Å². The van der Waals surface area contributed by atoms with Gasteiger partial charge in [-0.15, -0.1) is 0 Å². The van der Waals surface area contributed by atoms with Gasteiger partial charge in [0, 0.05) is 33.3 Å². The third kappa shape index (κ3) is 4.30. The summed E-state index contributed by atoms with van der Waals surface area (Å²) in [6.45, 7) is 2.69. The third-order valence-electron chi connectivity index (χ3n) is 4.68. The Balaban J connectivity index is 1.61. The highest BCUT2D eigenvalue weighted by molar-refractivity contribution is 5.91. The summed E-state index contributed by atoms with van der Waals surface area (Å²) in [6.07, 6.45) is 0. The van der Waals surface area contributed by atoms with Crippen LogP contribution in [0.5, 0.6) is 5.75 Å². The summed E-state index contributed by atoms with van der Waals surface area (Å²) in [5, 5.41) is 9.63. The fraction of sp³-hybridized carbons (Fsp3) is 0.400. The first kappa shape index (κ1) is 19.0. The van der Waals surface area contributed by atoms with Crippen molar-refractivity contribution in [1.29, 1.82) is 5.26 Å². The highest BCUT2D eigenvalue weighted by Gasteiger charge is 2.28. The van der Waals surface area contributed by atoms with Crippen LogP contribution in [0.15, 0.2) is 40.8 Å². The molecular weight excluding hydrogens is 346 g/mol. The molecule has 0 radical (unpaired) electrons. The molecule has 142 valence electrons. The van der Waals surface area contributed by atoms with Gasteiger partial charge in [-0.25, -0.2) is 0 Å². The maximum Gasteiger partial charge on any atom is 0.289 e. The van der Waals surface area contributed by atoms with Gasteiger partial charge in [0.05, 0.1) is 13.2 Å². The zero-order valence-electron chi connectivity index (χ0n) is 15.6. The van der Waals surface area contributed by atoms with Gasteiger partial charge >= 0.3 is 0 Å². The fourth-order valence-corrected chi connectivity index (χ4v) is 3.20. The number of hydrogen-bond acceptors (Lipinski definition) is 6. The minimum atomic E-state index is -0.343. The van der Waals surface area contributed by atoms with Gasteiger partial charge in [0.15, 0.2) is 5.76 Å². The van der Waals surface area contributed by atoms with Gasteiger partial charge < -0.3 is 18.8 Å². The number of methoxy groups -OCH3 is 2.